The molecule has 1 heterocycles. The summed E-state index contributed by atoms with van der Waals surface area (Å²) < 4.78 is 41.4. The van der Waals surface area contributed by atoms with Crippen LogP contribution in [0.25, 0.3) is 0 Å². The molecule has 2 amide bonds. The van der Waals surface area contributed by atoms with Gasteiger partial charge in [0.2, 0.25) is 21.8 Å². The predicted octanol–water partition coefficient (Wildman–Crippen LogP) is 2.40. The first-order chi connectivity index (χ1) is 15.7. The van der Waals surface area contributed by atoms with Crippen LogP contribution in [-0.2, 0) is 32.5 Å². The molecule has 9 heteroatoms. The summed E-state index contributed by atoms with van der Waals surface area (Å²) in [5.74, 6) is -2.03. The van der Waals surface area contributed by atoms with E-state index in [2.05, 4.69) is 0 Å². The van der Waals surface area contributed by atoms with Gasteiger partial charge in [-0.15, -0.1) is 0 Å². The zero-order valence-electron chi connectivity index (χ0n) is 18.5. The highest BCUT2D eigenvalue weighted by Crippen LogP contribution is 2.30. The van der Waals surface area contributed by atoms with Gasteiger partial charge in [0.25, 0.3) is 0 Å². The minimum Gasteiger partial charge on any atom is -0.368 e. The summed E-state index contributed by atoms with van der Waals surface area (Å²) in [4.78, 5) is 26.7. The molecule has 2 aromatic rings. The van der Waals surface area contributed by atoms with Gasteiger partial charge in [-0.3, -0.25) is 9.59 Å². The third-order valence-corrected chi connectivity index (χ3v) is 8.57. The van der Waals surface area contributed by atoms with Gasteiger partial charge in [-0.2, -0.15) is 4.31 Å². The summed E-state index contributed by atoms with van der Waals surface area (Å²) in [6.45, 7) is 0.426. The maximum Gasteiger partial charge on any atom is 0.244 e. The first-order valence-corrected chi connectivity index (χ1v) is 12.6. The van der Waals surface area contributed by atoms with Crippen molar-refractivity contribution in [2.45, 2.75) is 43.0 Å². The van der Waals surface area contributed by atoms with E-state index in [0.717, 1.165) is 24.8 Å². The number of likely N-dealkylation sites (N-methyl/N-ethyl adjacent to an activating group) is 1. The largest absolute Gasteiger partial charge is 0.368 e. The highest BCUT2D eigenvalue weighted by atomic mass is 32.2. The van der Waals surface area contributed by atoms with Crippen LogP contribution in [0.2, 0.25) is 0 Å². The van der Waals surface area contributed by atoms with Gasteiger partial charge in [-0.1, -0.05) is 18.2 Å². The van der Waals surface area contributed by atoms with Crippen molar-refractivity contribution in [2.24, 2.45) is 11.7 Å². The number of halogens is 1. The number of carbonyl (C=O) groups excluding carboxylic acids is 2. The Morgan fingerprint density at radius 1 is 1.09 bits per heavy atom. The quantitative estimate of drug-likeness (QED) is 0.696. The number of nitrogens with zero attached hydrogens (tertiary/aromatic N) is 2. The molecule has 1 aliphatic carbocycles. The average molecular weight is 474 g/mol. The average Bonchev–Trinajstić information content (AvgIpc) is 3.26. The Morgan fingerprint density at radius 3 is 2.45 bits per heavy atom. The molecule has 0 saturated carbocycles. The van der Waals surface area contributed by atoms with Crippen molar-refractivity contribution in [3.8, 4) is 0 Å². The molecule has 2 N–H and O–H groups in total. The Labute approximate surface area is 193 Å². The van der Waals surface area contributed by atoms with Gasteiger partial charge in [0, 0.05) is 26.1 Å². The molecule has 176 valence electrons. The van der Waals surface area contributed by atoms with E-state index in [4.69, 9.17) is 5.73 Å². The smallest absolute Gasteiger partial charge is 0.244 e. The van der Waals surface area contributed by atoms with E-state index in [-0.39, 0.29) is 19.0 Å². The molecule has 1 unspecified atom stereocenters. The summed E-state index contributed by atoms with van der Waals surface area (Å²) in [5, 5.41) is 0. The Morgan fingerprint density at radius 2 is 1.79 bits per heavy atom. The van der Waals surface area contributed by atoms with Crippen LogP contribution in [0.4, 0.5) is 4.39 Å². The second-order valence-corrected chi connectivity index (χ2v) is 10.7. The minimum absolute atomic E-state index is 0.213. The fourth-order valence-electron chi connectivity index (χ4n) is 4.87. The van der Waals surface area contributed by atoms with E-state index in [9.17, 15) is 22.4 Å². The molecule has 7 nitrogen and oxygen atoms in total. The number of rotatable bonds is 6. The van der Waals surface area contributed by atoms with Crippen molar-refractivity contribution in [2.75, 3.05) is 20.1 Å². The first-order valence-electron chi connectivity index (χ1n) is 11.1. The van der Waals surface area contributed by atoms with E-state index in [1.54, 1.807) is 18.2 Å². The molecule has 1 atom stereocenters. The molecule has 0 radical (unpaired) electrons. The molecule has 0 spiro atoms. The Hall–Kier alpha value is -2.78. The number of carbonyl (C=O) groups is 2. The van der Waals surface area contributed by atoms with Crippen molar-refractivity contribution in [3.63, 3.8) is 0 Å². The molecular formula is C24H28FN3O4S. The van der Waals surface area contributed by atoms with Gasteiger partial charge in [-0.05, 0) is 73.1 Å². The summed E-state index contributed by atoms with van der Waals surface area (Å²) in [5.41, 5.74) is 8.13. The second-order valence-electron chi connectivity index (χ2n) is 8.77. The zero-order chi connectivity index (χ0) is 23.8. The van der Waals surface area contributed by atoms with Gasteiger partial charge < -0.3 is 10.6 Å². The van der Waals surface area contributed by atoms with Gasteiger partial charge in [0.15, 0.2) is 0 Å². The third kappa shape index (κ3) is 4.65. The van der Waals surface area contributed by atoms with Crippen LogP contribution in [0.1, 0.15) is 42.0 Å². The predicted molar refractivity (Wildman–Crippen MR) is 121 cm³/mol. The Kier molecular flexibility index (Phi) is 6.54. The number of hydrogen-bond donors (Lipinski definition) is 1. The van der Waals surface area contributed by atoms with E-state index < -0.39 is 33.7 Å². The third-order valence-electron chi connectivity index (χ3n) is 6.68. The number of benzene rings is 2. The zero-order valence-corrected chi connectivity index (χ0v) is 19.4. The van der Waals surface area contributed by atoms with Crippen LogP contribution in [-0.4, -0.2) is 49.6 Å². The molecule has 1 aliphatic heterocycles. The molecule has 1 saturated heterocycles. The van der Waals surface area contributed by atoms with Gasteiger partial charge >= 0.3 is 0 Å². The van der Waals surface area contributed by atoms with Crippen LogP contribution in [0.5, 0.6) is 0 Å². The summed E-state index contributed by atoms with van der Waals surface area (Å²) in [6.07, 6.45) is 3.60. The van der Waals surface area contributed by atoms with E-state index in [0.29, 0.717) is 23.3 Å². The van der Waals surface area contributed by atoms with E-state index in [1.165, 1.54) is 40.0 Å². The van der Waals surface area contributed by atoms with Crippen LogP contribution >= 0.6 is 0 Å². The fourth-order valence-corrected chi connectivity index (χ4v) is 6.39. The van der Waals surface area contributed by atoms with Crippen LogP contribution in [0, 0.1) is 11.7 Å². The van der Waals surface area contributed by atoms with Crippen LogP contribution < -0.4 is 5.73 Å². The van der Waals surface area contributed by atoms with E-state index in [1.807, 2.05) is 6.07 Å². The molecule has 1 fully saturated rings. The lowest BCUT2D eigenvalue weighted by Crippen LogP contribution is -2.46. The molecule has 0 bridgehead atoms. The van der Waals surface area contributed by atoms with Gasteiger partial charge in [0.05, 0.1) is 4.90 Å². The lowest BCUT2D eigenvalue weighted by molar-refractivity contribution is -0.142. The summed E-state index contributed by atoms with van der Waals surface area (Å²) >= 11 is 0. The number of sulfonamides is 1. The Balaban J connectivity index is 1.44. The standard InChI is InChI=1S/C24H28FN3O4S/c1-27(22(23(26)29)19-6-3-7-20(25)14-19)24(30)17-10-12-28(13-11-17)33(31,32)21-9-8-16-4-2-5-18(16)15-21/h3,6-9,14-15,17,22H,2,4-5,10-13H2,1H3,(H2,26,29). The van der Waals surface area contributed by atoms with Gasteiger partial charge in [0.1, 0.15) is 11.9 Å². The van der Waals surface area contributed by atoms with Crippen molar-refractivity contribution in [1.29, 1.82) is 0 Å². The van der Waals surface area contributed by atoms with Crippen molar-refractivity contribution in [3.05, 3.63) is 65.0 Å². The maximum atomic E-state index is 13.7. The number of nitrogens with two attached hydrogens (primary N) is 1. The summed E-state index contributed by atoms with van der Waals surface area (Å²) in [7, 11) is -2.17. The normalized spacial score (nSPS) is 18.0. The lowest BCUT2D eigenvalue weighted by Gasteiger charge is -2.34. The van der Waals surface area contributed by atoms with E-state index >= 15 is 0 Å². The number of hydrogen-bond acceptors (Lipinski definition) is 4. The molecule has 33 heavy (non-hydrogen) atoms. The number of piperidine rings is 1. The maximum absolute atomic E-state index is 13.7. The lowest BCUT2D eigenvalue weighted by atomic mass is 9.95. The molecule has 0 aromatic heterocycles. The number of primary amides is 1. The number of aryl methyl sites for hydroxylation is 2. The fraction of sp³-hybridized carbons (Fsp3) is 0.417. The van der Waals surface area contributed by atoms with Crippen molar-refractivity contribution >= 4 is 21.8 Å². The number of amides is 2. The van der Waals surface area contributed by atoms with Gasteiger partial charge in [-0.25, -0.2) is 12.8 Å². The van der Waals surface area contributed by atoms with Crippen LogP contribution in [0.15, 0.2) is 47.4 Å². The Bertz CT molecular complexity index is 1180. The molecule has 4 rings (SSSR count). The second kappa shape index (κ2) is 9.23. The molecule has 2 aliphatic rings. The molecular weight excluding hydrogens is 445 g/mol. The first kappa shape index (κ1) is 23.4. The SMILES string of the molecule is CN(C(=O)C1CCN(S(=O)(=O)c2ccc3c(c2)CCC3)CC1)C(C(N)=O)c1cccc(F)c1. The van der Waals surface area contributed by atoms with Crippen molar-refractivity contribution in [1.82, 2.24) is 9.21 Å². The highest BCUT2D eigenvalue weighted by Gasteiger charge is 2.36. The number of fused-ring (bicyclic) bond motifs is 1. The minimum atomic E-state index is -3.64. The topological polar surface area (TPSA) is 101 Å². The monoisotopic (exact) mass is 473 g/mol. The highest BCUT2D eigenvalue weighted by molar-refractivity contribution is 7.89. The van der Waals surface area contributed by atoms with Crippen molar-refractivity contribution < 1.29 is 22.4 Å². The van der Waals surface area contributed by atoms with Crippen LogP contribution in [0.3, 0.4) is 0 Å². The molecule has 2 aromatic carbocycles. The summed E-state index contributed by atoms with van der Waals surface area (Å²) in [6, 6.07) is 9.69.